The van der Waals surface area contributed by atoms with Crippen LogP contribution in [-0.4, -0.2) is 20.4 Å². The van der Waals surface area contributed by atoms with Gasteiger partial charge in [-0.2, -0.15) is 0 Å². The molecule has 0 aliphatic carbocycles. The van der Waals surface area contributed by atoms with Crippen LogP contribution in [0.4, 0.5) is 4.39 Å². The number of amides is 1. The minimum atomic E-state index is -0.912. The topological polar surface area (TPSA) is 96.9 Å². The lowest BCUT2D eigenvalue weighted by atomic mass is 9.93. The van der Waals surface area contributed by atoms with Gasteiger partial charge in [0.15, 0.2) is 0 Å². The Morgan fingerprint density at radius 2 is 2.03 bits per heavy atom. The minimum absolute atomic E-state index is 0.142. The first-order valence-electron chi connectivity index (χ1n) is 9.05. The molecule has 29 heavy (non-hydrogen) atoms. The molecule has 0 fully saturated rings. The summed E-state index contributed by atoms with van der Waals surface area (Å²) in [5.41, 5.74) is -1.16. The van der Waals surface area contributed by atoms with Crippen LogP contribution < -0.4 is 16.6 Å². The number of carbonyl (C=O) groups is 1. The van der Waals surface area contributed by atoms with Crippen LogP contribution in [0.5, 0.6) is 0 Å². The molecule has 0 bridgehead atoms. The van der Waals surface area contributed by atoms with Crippen molar-refractivity contribution in [2.45, 2.75) is 39.3 Å². The van der Waals surface area contributed by atoms with E-state index in [4.69, 9.17) is 11.6 Å². The van der Waals surface area contributed by atoms with Crippen molar-refractivity contribution in [2.24, 2.45) is 0 Å². The van der Waals surface area contributed by atoms with Crippen LogP contribution in [0, 0.1) is 5.82 Å². The number of nitrogens with one attached hydrogen (secondary N) is 2. The molecular weight excluding hydrogens is 399 g/mol. The van der Waals surface area contributed by atoms with Crippen molar-refractivity contribution in [3.05, 3.63) is 73.3 Å². The van der Waals surface area contributed by atoms with E-state index in [1.165, 1.54) is 35.0 Å². The lowest BCUT2D eigenvalue weighted by Gasteiger charge is -2.28. The molecule has 0 saturated carbocycles. The molecule has 0 aliphatic rings. The van der Waals surface area contributed by atoms with Crippen molar-refractivity contribution in [2.75, 3.05) is 0 Å². The van der Waals surface area contributed by atoms with E-state index < -0.39 is 28.5 Å². The van der Waals surface area contributed by atoms with Gasteiger partial charge in [-0.05, 0) is 44.0 Å². The van der Waals surface area contributed by atoms with E-state index in [9.17, 15) is 18.8 Å². The second kappa shape index (κ2) is 7.79. The first kappa shape index (κ1) is 20.7. The van der Waals surface area contributed by atoms with E-state index >= 15 is 0 Å². The highest BCUT2D eigenvalue weighted by atomic mass is 35.5. The molecule has 0 atom stereocenters. The number of benzene rings is 1. The van der Waals surface area contributed by atoms with Gasteiger partial charge >= 0.3 is 5.69 Å². The van der Waals surface area contributed by atoms with E-state index in [1.807, 2.05) is 6.92 Å². The minimum Gasteiger partial charge on any atom is -0.343 e. The number of aromatic amines is 1. The summed E-state index contributed by atoms with van der Waals surface area (Å²) < 4.78 is 14.7. The summed E-state index contributed by atoms with van der Waals surface area (Å²) in [4.78, 5) is 43.5. The van der Waals surface area contributed by atoms with E-state index in [0.29, 0.717) is 18.5 Å². The first-order chi connectivity index (χ1) is 13.6. The predicted molar refractivity (Wildman–Crippen MR) is 109 cm³/mol. The molecule has 0 aliphatic heterocycles. The van der Waals surface area contributed by atoms with Gasteiger partial charge in [0.1, 0.15) is 11.5 Å². The second-order valence-electron chi connectivity index (χ2n) is 7.21. The SMILES string of the molecule is CCCn1c(=O)[nH]c(=O)c2cc(C(=O)NC(C)(C)c3ccc(F)cc3Cl)cnc21. The molecule has 1 aromatic carbocycles. The molecule has 152 valence electrons. The Kier molecular flexibility index (Phi) is 5.57. The summed E-state index contributed by atoms with van der Waals surface area (Å²) in [5.74, 6) is -0.964. The van der Waals surface area contributed by atoms with Crippen molar-refractivity contribution in [3.8, 4) is 0 Å². The molecule has 3 rings (SSSR count). The Labute approximate surface area is 170 Å². The largest absolute Gasteiger partial charge is 0.343 e. The third-order valence-electron chi connectivity index (χ3n) is 4.57. The fourth-order valence-corrected chi connectivity index (χ4v) is 3.55. The maximum Gasteiger partial charge on any atom is 0.329 e. The molecule has 2 heterocycles. The standard InChI is InChI=1S/C20H20ClFN4O3/c1-4-7-26-16-13(18(28)24-19(26)29)8-11(10-23-16)17(27)25-20(2,3)14-6-5-12(22)9-15(14)21/h5-6,8-10H,4,7H2,1-3H3,(H,25,27)(H,24,28,29). The number of H-pyrrole nitrogens is 1. The van der Waals surface area contributed by atoms with Crippen LogP contribution in [0.3, 0.4) is 0 Å². The van der Waals surface area contributed by atoms with Crippen molar-refractivity contribution in [3.63, 3.8) is 0 Å². The number of hydrogen-bond acceptors (Lipinski definition) is 4. The van der Waals surface area contributed by atoms with Crippen molar-refractivity contribution in [1.29, 1.82) is 0 Å². The van der Waals surface area contributed by atoms with Gasteiger partial charge in [-0.3, -0.25) is 19.1 Å². The Morgan fingerprint density at radius 1 is 1.31 bits per heavy atom. The highest BCUT2D eigenvalue weighted by Crippen LogP contribution is 2.28. The second-order valence-corrected chi connectivity index (χ2v) is 7.62. The summed E-state index contributed by atoms with van der Waals surface area (Å²) in [5, 5.41) is 3.15. The van der Waals surface area contributed by atoms with Crippen LogP contribution >= 0.6 is 11.6 Å². The highest BCUT2D eigenvalue weighted by molar-refractivity contribution is 6.31. The lowest BCUT2D eigenvalue weighted by Crippen LogP contribution is -2.41. The lowest BCUT2D eigenvalue weighted by molar-refractivity contribution is 0.0912. The summed E-state index contributed by atoms with van der Waals surface area (Å²) in [6.45, 7) is 5.74. The maximum absolute atomic E-state index is 13.3. The van der Waals surface area contributed by atoms with E-state index in [1.54, 1.807) is 13.8 Å². The van der Waals surface area contributed by atoms with Crippen LogP contribution in [-0.2, 0) is 12.1 Å². The van der Waals surface area contributed by atoms with Gasteiger partial charge in [0.2, 0.25) is 0 Å². The van der Waals surface area contributed by atoms with Gasteiger partial charge in [-0.25, -0.2) is 14.2 Å². The van der Waals surface area contributed by atoms with E-state index in [2.05, 4.69) is 15.3 Å². The number of aromatic nitrogens is 3. The van der Waals surface area contributed by atoms with Crippen molar-refractivity contribution in [1.82, 2.24) is 19.9 Å². The number of fused-ring (bicyclic) bond motifs is 1. The quantitative estimate of drug-likeness (QED) is 0.665. The van der Waals surface area contributed by atoms with E-state index in [0.717, 1.165) is 0 Å². The Bertz CT molecular complexity index is 1220. The molecule has 2 N–H and O–H groups in total. The number of aryl methyl sites for hydroxylation is 1. The van der Waals surface area contributed by atoms with Crippen LogP contribution in [0.1, 0.15) is 43.1 Å². The molecule has 0 saturated heterocycles. The number of halogens is 2. The fourth-order valence-electron chi connectivity index (χ4n) is 3.14. The third kappa shape index (κ3) is 4.07. The molecule has 7 nitrogen and oxygen atoms in total. The maximum atomic E-state index is 13.3. The number of pyridine rings is 1. The molecular formula is C20H20ClFN4O3. The van der Waals surface area contributed by atoms with Crippen molar-refractivity contribution >= 4 is 28.5 Å². The van der Waals surface area contributed by atoms with Gasteiger partial charge in [0.25, 0.3) is 11.5 Å². The number of rotatable bonds is 5. The average molecular weight is 419 g/mol. The molecule has 3 aromatic rings. The highest BCUT2D eigenvalue weighted by Gasteiger charge is 2.26. The Morgan fingerprint density at radius 3 is 2.69 bits per heavy atom. The predicted octanol–water partition coefficient (Wildman–Crippen LogP) is 2.95. The molecule has 0 unspecified atom stereocenters. The summed E-state index contributed by atoms with van der Waals surface area (Å²) >= 11 is 6.12. The molecule has 1 amide bonds. The zero-order chi connectivity index (χ0) is 21.3. The third-order valence-corrected chi connectivity index (χ3v) is 4.89. The monoisotopic (exact) mass is 418 g/mol. The average Bonchev–Trinajstić information content (AvgIpc) is 2.64. The van der Waals surface area contributed by atoms with Crippen molar-refractivity contribution < 1.29 is 9.18 Å². The Balaban J connectivity index is 1.99. The number of carbonyl (C=O) groups excluding carboxylic acids is 1. The number of hydrogen-bond donors (Lipinski definition) is 2. The van der Waals surface area contributed by atoms with Gasteiger partial charge < -0.3 is 5.32 Å². The van der Waals surface area contributed by atoms with Crippen LogP contribution in [0.15, 0.2) is 40.1 Å². The zero-order valence-electron chi connectivity index (χ0n) is 16.2. The smallest absolute Gasteiger partial charge is 0.329 e. The summed E-state index contributed by atoms with van der Waals surface area (Å²) in [6, 6.07) is 5.34. The molecule has 2 aromatic heterocycles. The normalized spacial score (nSPS) is 11.6. The number of nitrogens with zero attached hydrogens (tertiary/aromatic N) is 2. The summed E-state index contributed by atoms with van der Waals surface area (Å²) in [7, 11) is 0. The van der Waals surface area contributed by atoms with Gasteiger partial charge in [0, 0.05) is 17.8 Å². The van der Waals surface area contributed by atoms with Gasteiger partial charge in [0.05, 0.1) is 16.5 Å². The first-order valence-corrected chi connectivity index (χ1v) is 9.42. The Hall–Kier alpha value is -3.00. The van der Waals surface area contributed by atoms with E-state index in [-0.39, 0.29) is 21.6 Å². The zero-order valence-corrected chi connectivity index (χ0v) is 16.9. The van der Waals surface area contributed by atoms with Crippen LogP contribution in [0.2, 0.25) is 5.02 Å². The molecule has 9 heteroatoms. The fraction of sp³-hybridized carbons (Fsp3) is 0.300. The molecule has 0 spiro atoms. The van der Waals surface area contributed by atoms with Gasteiger partial charge in [-0.15, -0.1) is 0 Å². The molecule has 0 radical (unpaired) electrons. The van der Waals surface area contributed by atoms with Crippen LogP contribution in [0.25, 0.3) is 11.0 Å². The van der Waals surface area contributed by atoms with Gasteiger partial charge in [-0.1, -0.05) is 24.6 Å². The summed E-state index contributed by atoms with van der Waals surface area (Å²) in [6.07, 6.45) is 1.99.